The highest BCUT2D eigenvalue weighted by molar-refractivity contribution is 14.0. The maximum absolute atomic E-state index is 6.07. The van der Waals surface area contributed by atoms with Crippen LogP contribution in [0.1, 0.15) is 29.7 Å². The summed E-state index contributed by atoms with van der Waals surface area (Å²) in [5, 5.41) is 3.44. The number of benzene rings is 2. The minimum Gasteiger partial charge on any atom is -0.493 e. The molecule has 0 saturated carbocycles. The van der Waals surface area contributed by atoms with Crippen molar-refractivity contribution in [1.82, 2.24) is 10.2 Å². The lowest BCUT2D eigenvalue weighted by Crippen LogP contribution is -2.48. The fraction of sp³-hybridized carbons (Fsp3) is 0.458. The summed E-state index contributed by atoms with van der Waals surface area (Å²) in [4.78, 5) is 7.19. The van der Waals surface area contributed by atoms with Crippen LogP contribution in [0.2, 0.25) is 0 Å². The number of nitrogens with one attached hydrogen (secondary N) is 1. The highest BCUT2D eigenvalue weighted by Crippen LogP contribution is 2.28. The maximum atomic E-state index is 6.07. The summed E-state index contributed by atoms with van der Waals surface area (Å²) in [5.74, 6) is 2.44. The molecule has 1 heterocycles. The first-order chi connectivity index (χ1) is 14.7. The molecule has 1 aliphatic heterocycles. The Kier molecular flexibility index (Phi) is 10.4. The van der Waals surface area contributed by atoms with Crippen molar-refractivity contribution in [3.8, 4) is 11.5 Å². The number of methoxy groups -OCH3 is 2. The van der Waals surface area contributed by atoms with Crippen molar-refractivity contribution in [2.75, 3.05) is 47.0 Å². The van der Waals surface area contributed by atoms with E-state index in [0.29, 0.717) is 13.2 Å². The van der Waals surface area contributed by atoms with Gasteiger partial charge in [0, 0.05) is 19.6 Å². The smallest absolute Gasteiger partial charge is 0.194 e. The fourth-order valence-corrected chi connectivity index (χ4v) is 3.73. The number of hydrogen-bond acceptors (Lipinski definition) is 4. The van der Waals surface area contributed by atoms with Crippen LogP contribution in [0, 0.1) is 6.92 Å². The molecule has 3 rings (SSSR count). The molecule has 0 bridgehead atoms. The first-order valence-electron chi connectivity index (χ1n) is 10.6. The SMILES string of the molecule is CCNC(=NCCc1ccc(OC)c(OC)c1)N1CCOC(c2ccccc2C)C1.I. The van der Waals surface area contributed by atoms with Crippen LogP contribution in [0.3, 0.4) is 0 Å². The standard InChI is InChI=1S/C24H33N3O3.HI/c1-5-25-24(26-13-12-19-10-11-21(28-3)22(16-19)29-4)27-14-15-30-23(17-27)20-9-7-6-8-18(20)2;/h6-11,16,23H,5,12-15,17H2,1-4H3,(H,25,26);1H. The third kappa shape index (κ3) is 6.74. The van der Waals surface area contributed by atoms with E-state index in [1.807, 2.05) is 12.1 Å². The van der Waals surface area contributed by atoms with Crippen LogP contribution in [0.15, 0.2) is 47.5 Å². The Morgan fingerprint density at radius 3 is 2.65 bits per heavy atom. The number of rotatable bonds is 7. The predicted molar refractivity (Wildman–Crippen MR) is 136 cm³/mol. The van der Waals surface area contributed by atoms with Crippen LogP contribution in [0.25, 0.3) is 0 Å². The number of ether oxygens (including phenoxy) is 3. The van der Waals surface area contributed by atoms with Crippen LogP contribution in [-0.4, -0.2) is 57.9 Å². The normalized spacial score (nSPS) is 16.5. The van der Waals surface area contributed by atoms with E-state index in [1.165, 1.54) is 16.7 Å². The van der Waals surface area contributed by atoms with E-state index in [1.54, 1.807) is 14.2 Å². The van der Waals surface area contributed by atoms with Gasteiger partial charge in [0.15, 0.2) is 17.5 Å². The minimum absolute atomic E-state index is 0. The number of morpholine rings is 1. The minimum atomic E-state index is 0. The van der Waals surface area contributed by atoms with E-state index in [0.717, 1.165) is 43.5 Å². The van der Waals surface area contributed by atoms with Crippen molar-refractivity contribution in [1.29, 1.82) is 0 Å². The van der Waals surface area contributed by atoms with E-state index in [9.17, 15) is 0 Å². The topological polar surface area (TPSA) is 55.3 Å². The van der Waals surface area contributed by atoms with Gasteiger partial charge in [-0.15, -0.1) is 24.0 Å². The van der Waals surface area contributed by atoms with Crippen LogP contribution in [-0.2, 0) is 11.2 Å². The van der Waals surface area contributed by atoms with Crippen molar-refractivity contribution in [3.63, 3.8) is 0 Å². The average Bonchev–Trinajstić information content (AvgIpc) is 2.78. The van der Waals surface area contributed by atoms with E-state index >= 15 is 0 Å². The highest BCUT2D eigenvalue weighted by atomic mass is 127. The quantitative estimate of drug-likeness (QED) is 0.325. The number of aliphatic imine (C=N–C) groups is 1. The molecule has 1 unspecified atom stereocenters. The monoisotopic (exact) mass is 539 g/mol. The molecular formula is C24H34IN3O3. The highest BCUT2D eigenvalue weighted by Gasteiger charge is 2.25. The number of nitrogens with zero attached hydrogens (tertiary/aromatic N) is 2. The van der Waals surface area contributed by atoms with Gasteiger partial charge in [0.05, 0.1) is 27.4 Å². The van der Waals surface area contributed by atoms with Crippen LogP contribution in [0.5, 0.6) is 11.5 Å². The molecule has 1 fully saturated rings. The maximum Gasteiger partial charge on any atom is 0.194 e. The van der Waals surface area contributed by atoms with Gasteiger partial charge in [-0.3, -0.25) is 4.99 Å². The molecule has 0 aromatic heterocycles. The summed E-state index contributed by atoms with van der Waals surface area (Å²) in [6.45, 7) is 8.10. The average molecular weight is 539 g/mol. The fourth-order valence-electron chi connectivity index (χ4n) is 3.73. The zero-order chi connectivity index (χ0) is 21.3. The molecule has 2 aromatic rings. The van der Waals surface area contributed by atoms with E-state index < -0.39 is 0 Å². The molecule has 0 amide bonds. The first kappa shape index (κ1) is 25.3. The summed E-state index contributed by atoms with van der Waals surface area (Å²) >= 11 is 0. The lowest BCUT2D eigenvalue weighted by molar-refractivity contribution is -0.00832. The summed E-state index contributed by atoms with van der Waals surface area (Å²) in [7, 11) is 3.31. The molecule has 0 radical (unpaired) electrons. The van der Waals surface area contributed by atoms with Gasteiger partial charge in [0.2, 0.25) is 0 Å². The summed E-state index contributed by atoms with van der Waals surface area (Å²) < 4.78 is 16.8. The number of halogens is 1. The molecule has 1 saturated heterocycles. The lowest BCUT2D eigenvalue weighted by Gasteiger charge is -2.35. The summed E-state index contributed by atoms with van der Waals surface area (Å²) in [6, 6.07) is 14.5. The van der Waals surface area contributed by atoms with E-state index in [4.69, 9.17) is 19.2 Å². The van der Waals surface area contributed by atoms with E-state index in [2.05, 4.69) is 54.4 Å². The van der Waals surface area contributed by atoms with Gasteiger partial charge in [-0.1, -0.05) is 30.3 Å². The molecule has 2 aromatic carbocycles. The second-order valence-electron chi connectivity index (χ2n) is 7.34. The predicted octanol–water partition coefficient (Wildman–Crippen LogP) is 4.21. The van der Waals surface area contributed by atoms with Gasteiger partial charge in [0.1, 0.15) is 6.10 Å². The van der Waals surface area contributed by atoms with E-state index in [-0.39, 0.29) is 30.1 Å². The van der Waals surface area contributed by atoms with Crippen molar-refractivity contribution < 1.29 is 14.2 Å². The molecule has 1 atom stereocenters. The molecule has 6 nitrogen and oxygen atoms in total. The Labute approximate surface area is 203 Å². The van der Waals surface area contributed by atoms with Crippen molar-refractivity contribution in [2.24, 2.45) is 4.99 Å². The molecule has 170 valence electrons. The molecule has 7 heteroatoms. The van der Waals surface area contributed by atoms with Crippen molar-refractivity contribution in [2.45, 2.75) is 26.4 Å². The Morgan fingerprint density at radius 2 is 1.94 bits per heavy atom. The van der Waals surface area contributed by atoms with Gasteiger partial charge in [0.25, 0.3) is 0 Å². The largest absolute Gasteiger partial charge is 0.493 e. The van der Waals surface area contributed by atoms with Crippen molar-refractivity contribution in [3.05, 3.63) is 59.2 Å². The molecule has 31 heavy (non-hydrogen) atoms. The van der Waals surface area contributed by atoms with Crippen LogP contribution >= 0.6 is 24.0 Å². The lowest BCUT2D eigenvalue weighted by atomic mass is 10.0. The number of aryl methyl sites for hydroxylation is 1. The Bertz CT molecular complexity index is 860. The third-order valence-electron chi connectivity index (χ3n) is 5.35. The molecule has 0 aliphatic carbocycles. The zero-order valence-corrected chi connectivity index (χ0v) is 21.2. The molecular weight excluding hydrogens is 505 g/mol. The second kappa shape index (κ2) is 12.8. The van der Waals surface area contributed by atoms with Gasteiger partial charge < -0.3 is 24.4 Å². The van der Waals surface area contributed by atoms with Gasteiger partial charge in [-0.2, -0.15) is 0 Å². The van der Waals surface area contributed by atoms with Gasteiger partial charge in [-0.05, 0) is 49.1 Å². The molecule has 0 spiro atoms. The Hall–Kier alpha value is -2.00. The third-order valence-corrected chi connectivity index (χ3v) is 5.35. The van der Waals surface area contributed by atoms with Crippen LogP contribution < -0.4 is 14.8 Å². The number of hydrogen-bond donors (Lipinski definition) is 1. The Morgan fingerprint density at radius 1 is 1.16 bits per heavy atom. The first-order valence-corrected chi connectivity index (χ1v) is 10.6. The number of guanidine groups is 1. The second-order valence-corrected chi connectivity index (χ2v) is 7.34. The van der Waals surface area contributed by atoms with Gasteiger partial charge in [-0.25, -0.2) is 0 Å². The summed E-state index contributed by atoms with van der Waals surface area (Å²) in [5.41, 5.74) is 3.69. The zero-order valence-electron chi connectivity index (χ0n) is 18.9. The van der Waals surface area contributed by atoms with Crippen LogP contribution in [0.4, 0.5) is 0 Å². The van der Waals surface area contributed by atoms with Gasteiger partial charge >= 0.3 is 0 Å². The summed E-state index contributed by atoms with van der Waals surface area (Å²) in [6.07, 6.45) is 0.899. The molecule has 1 N–H and O–H groups in total. The van der Waals surface area contributed by atoms with Crippen molar-refractivity contribution >= 4 is 29.9 Å². The molecule has 1 aliphatic rings. The Balaban J connectivity index is 0.00000341.